The van der Waals surface area contributed by atoms with Crippen molar-refractivity contribution in [1.29, 1.82) is 0 Å². The number of hydrogen-bond acceptors (Lipinski definition) is 4. The fourth-order valence-corrected chi connectivity index (χ4v) is 3.43. The molecule has 1 aromatic heterocycles. The number of carbonyl (C=O) groups is 2. The van der Waals surface area contributed by atoms with Gasteiger partial charge in [0.1, 0.15) is 11.1 Å². The van der Waals surface area contributed by atoms with Crippen molar-refractivity contribution < 1.29 is 14.0 Å². The van der Waals surface area contributed by atoms with Crippen LogP contribution in [0.1, 0.15) is 27.9 Å². The molecule has 1 aliphatic heterocycles. The lowest BCUT2D eigenvalue weighted by atomic mass is 10.1. The predicted molar refractivity (Wildman–Crippen MR) is 107 cm³/mol. The number of aryl methyl sites for hydroxylation is 2. The Morgan fingerprint density at radius 3 is 2.64 bits per heavy atom. The van der Waals surface area contributed by atoms with E-state index in [-0.39, 0.29) is 23.9 Å². The fraction of sp³-hybridized carbons (Fsp3) is 0.227. The van der Waals surface area contributed by atoms with Crippen molar-refractivity contribution >= 4 is 28.5 Å². The van der Waals surface area contributed by atoms with Gasteiger partial charge in [-0.05, 0) is 49.2 Å². The SMILES string of the molecule is Cc1ccc(N2CC(NC(=O)c3cc4ccccc4oc3=O)CC2=O)cc1C. The zero-order valence-electron chi connectivity index (χ0n) is 15.7. The second-order valence-electron chi connectivity index (χ2n) is 7.13. The Morgan fingerprint density at radius 1 is 1.07 bits per heavy atom. The second-order valence-corrected chi connectivity index (χ2v) is 7.13. The van der Waals surface area contributed by atoms with Gasteiger partial charge in [-0.15, -0.1) is 0 Å². The Balaban J connectivity index is 1.53. The van der Waals surface area contributed by atoms with Gasteiger partial charge in [0, 0.05) is 24.0 Å². The van der Waals surface area contributed by atoms with Gasteiger partial charge in [-0.1, -0.05) is 24.3 Å². The summed E-state index contributed by atoms with van der Waals surface area (Å²) in [5, 5.41) is 3.47. The van der Waals surface area contributed by atoms with Crippen LogP contribution in [0.2, 0.25) is 0 Å². The van der Waals surface area contributed by atoms with Crippen molar-refractivity contribution in [1.82, 2.24) is 5.32 Å². The Hall–Kier alpha value is -3.41. The third kappa shape index (κ3) is 3.29. The number of anilines is 1. The van der Waals surface area contributed by atoms with E-state index in [1.165, 1.54) is 6.07 Å². The highest BCUT2D eigenvalue weighted by molar-refractivity contribution is 6.00. The van der Waals surface area contributed by atoms with Gasteiger partial charge >= 0.3 is 5.63 Å². The van der Waals surface area contributed by atoms with E-state index in [4.69, 9.17) is 4.42 Å². The van der Waals surface area contributed by atoms with Crippen LogP contribution >= 0.6 is 0 Å². The third-order valence-electron chi connectivity index (χ3n) is 5.15. The zero-order chi connectivity index (χ0) is 19.8. The Kier molecular flexibility index (Phi) is 4.47. The number of amides is 2. The van der Waals surface area contributed by atoms with Crippen LogP contribution in [0.5, 0.6) is 0 Å². The Labute approximate surface area is 161 Å². The first-order valence-electron chi connectivity index (χ1n) is 9.14. The van der Waals surface area contributed by atoms with Crippen LogP contribution < -0.4 is 15.8 Å². The smallest absolute Gasteiger partial charge is 0.349 e. The highest BCUT2D eigenvalue weighted by Crippen LogP contribution is 2.24. The van der Waals surface area contributed by atoms with Gasteiger partial charge in [0.05, 0.1) is 6.04 Å². The molecule has 142 valence electrons. The van der Waals surface area contributed by atoms with E-state index in [0.717, 1.165) is 16.8 Å². The normalized spacial score (nSPS) is 16.6. The van der Waals surface area contributed by atoms with E-state index in [1.54, 1.807) is 29.2 Å². The van der Waals surface area contributed by atoms with Crippen LogP contribution in [0.15, 0.2) is 57.7 Å². The lowest BCUT2D eigenvalue weighted by molar-refractivity contribution is -0.117. The predicted octanol–water partition coefficient (Wildman–Crippen LogP) is 2.95. The average Bonchev–Trinajstić information content (AvgIpc) is 3.03. The maximum Gasteiger partial charge on any atom is 0.349 e. The summed E-state index contributed by atoms with van der Waals surface area (Å²) in [6.45, 7) is 4.38. The van der Waals surface area contributed by atoms with Crippen molar-refractivity contribution in [2.24, 2.45) is 0 Å². The van der Waals surface area contributed by atoms with E-state index in [2.05, 4.69) is 5.32 Å². The summed E-state index contributed by atoms with van der Waals surface area (Å²) < 4.78 is 5.22. The standard InChI is InChI=1S/C22H20N2O4/c1-13-7-8-17(9-14(13)2)24-12-16(11-20(24)25)23-21(26)18-10-15-5-3-4-6-19(15)28-22(18)27/h3-10,16H,11-12H2,1-2H3,(H,23,26). The van der Waals surface area contributed by atoms with Crippen molar-refractivity contribution in [3.05, 3.63) is 75.6 Å². The molecule has 3 aromatic rings. The first-order chi connectivity index (χ1) is 13.4. The number of hydrogen-bond donors (Lipinski definition) is 1. The number of rotatable bonds is 3. The lowest BCUT2D eigenvalue weighted by Crippen LogP contribution is -2.39. The maximum atomic E-state index is 12.6. The molecular formula is C22H20N2O4. The van der Waals surface area contributed by atoms with E-state index in [0.29, 0.717) is 17.5 Å². The molecule has 1 fully saturated rings. The highest BCUT2D eigenvalue weighted by atomic mass is 16.4. The lowest BCUT2D eigenvalue weighted by Gasteiger charge is -2.18. The number of fused-ring (bicyclic) bond motifs is 1. The van der Waals surface area contributed by atoms with Gasteiger partial charge in [0.2, 0.25) is 5.91 Å². The Bertz CT molecular complexity index is 1150. The molecule has 1 aliphatic rings. The molecule has 4 rings (SSSR count). The molecule has 0 spiro atoms. The molecule has 6 nitrogen and oxygen atoms in total. The van der Waals surface area contributed by atoms with Crippen LogP contribution in [0.4, 0.5) is 5.69 Å². The van der Waals surface area contributed by atoms with Crippen LogP contribution in [-0.2, 0) is 4.79 Å². The fourth-order valence-electron chi connectivity index (χ4n) is 3.43. The number of carbonyl (C=O) groups excluding carboxylic acids is 2. The largest absolute Gasteiger partial charge is 0.422 e. The summed E-state index contributed by atoms with van der Waals surface area (Å²) in [4.78, 5) is 38.9. The summed E-state index contributed by atoms with van der Waals surface area (Å²) in [5.41, 5.74) is 2.76. The number of benzene rings is 2. The molecule has 0 bridgehead atoms. The van der Waals surface area contributed by atoms with E-state index >= 15 is 0 Å². The first kappa shape index (κ1) is 18.0. The van der Waals surface area contributed by atoms with E-state index in [1.807, 2.05) is 32.0 Å². The van der Waals surface area contributed by atoms with Gasteiger partial charge in [-0.25, -0.2) is 4.79 Å². The average molecular weight is 376 g/mol. The summed E-state index contributed by atoms with van der Waals surface area (Å²) in [6.07, 6.45) is 0.192. The first-order valence-corrected chi connectivity index (χ1v) is 9.14. The number of nitrogens with zero attached hydrogens (tertiary/aromatic N) is 1. The van der Waals surface area contributed by atoms with Crippen LogP contribution in [0.25, 0.3) is 11.0 Å². The van der Waals surface area contributed by atoms with Crippen LogP contribution in [0.3, 0.4) is 0 Å². The second kappa shape index (κ2) is 6.96. The van der Waals surface area contributed by atoms with Crippen molar-refractivity contribution in [2.75, 3.05) is 11.4 Å². The summed E-state index contributed by atoms with van der Waals surface area (Å²) in [6, 6.07) is 14.0. The molecule has 0 radical (unpaired) electrons. The van der Waals surface area contributed by atoms with Crippen molar-refractivity contribution in [3.8, 4) is 0 Å². The van der Waals surface area contributed by atoms with E-state index < -0.39 is 11.5 Å². The third-order valence-corrected chi connectivity index (χ3v) is 5.15. The molecule has 28 heavy (non-hydrogen) atoms. The number of para-hydroxylation sites is 1. The highest BCUT2D eigenvalue weighted by Gasteiger charge is 2.32. The summed E-state index contributed by atoms with van der Waals surface area (Å²) >= 11 is 0. The molecule has 2 amide bonds. The minimum atomic E-state index is -0.688. The summed E-state index contributed by atoms with van der Waals surface area (Å²) in [5.74, 6) is -0.585. The van der Waals surface area contributed by atoms with Crippen molar-refractivity contribution in [2.45, 2.75) is 26.3 Å². The van der Waals surface area contributed by atoms with Gasteiger partial charge in [0.15, 0.2) is 0 Å². The molecule has 1 unspecified atom stereocenters. The topological polar surface area (TPSA) is 79.6 Å². The number of nitrogens with one attached hydrogen (secondary N) is 1. The van der Waals surface area contributed by atoms with Gasteiger partial charge in [-0.2, -0.15) is 0 Å². The minimum Gasteiger partial charge on any atom is -0.422 e. The molecule has 2 heterocycles. The quantitative estimate of drug-likeness (QED) is 0.713. The molecule has 2 aromatic carbocycles. The molecule has 0 aliphatic carbocycles. The monoisotopic (exact) mass is 376 g/mol. The molecule has 1 N–H and O–H groups in total. The molecule has 1 atom stereocenters. The maximum absolute atomic E-state index is 12.6. The molecular weight excluding hydrogens is 356 g/mol. The van der Waals surface area contributed by atoms with Gasteiger partial charge in [-0.3, -0.25) is 9.59 Å². The molecule has 0 saturated carbocycles. The summed E-state index contributed by atoms with van der Waals surface area (Å²) in [7, 11) is 0. The van der Waals surface area contributed by atoms with Crippen LogP contribution in [-0.4, -0.2) is 24.4 Å². The van der Waals surface area contributed by atoms with Gasteiger partial charge < -0.3 is 14.6 Å². The zero-order valence-corrected chi connectivity index (χ0v) is 15.7. The van der Waals surface area contributed by atoms with Gasteiger partial charge in [0.25, 0.3) is 5.91 Å². The molecule has 1 saturated heterocycles. The Morgan fingerprint density at radius 2 is 1.86 bits per heavy atom. The van der Waals surface area contributed by atoms with E-state index in [9.17, 15) is 14.4 Å². The van der Waals surface area contributed by atoms with Crippen LogP contribution in [0, 0.1) is 13.8 Å². The minimum absolute atomic E-state index is 0.0564. The van der Waals surface area contributed by atoms with Crippen molar-refractivity contribution in [3.63, 3.8) is 0 Å². The molecule has 6 heteroatoms.